The number of aliphatic imine (C=N–C) groups is 1. The first kappa shape index (κ1) is 17.9. The number of aryl methyl sites for hydroxylation is 1. The van der Waals surface area contributed by atoms with Crippen molar-refractivity contribution in [1.82, 2.24) is 10.6 Å². The predicted molar refractivity (Wildman–Crippen MR) is 85.1 cm³/mol. The van der Waals surface area contributed by atoms with Crippen molar-refractivity contribution in [2.45, 2.75) is 27.3 Å². The SMILES string of the molecule is CCNC(=NCc1ccc(F)c(C)c1)NCC(C)C(=O)OC. The number of carbonyl (C=O) groups is 1. The van der Waals surface area contributed by atoms with Gasteiger partial charge in [-0.15, -0.1) is 0 Å². The summed E-state index contributed by atoms with van der Waals surface area (Å²) in [6, 6.07) is 4.94. The molecule has 0 aromatic heterocycles. The largest absolute Gasteiger partial charge is 0.469 e. The molecule has 0 aliphatic heterocycles. The second-order valence-electron chi connectivity index (χ2n) is 5.08. The van der Waals surface area contributed by atoms with E-state index in [2.05, 4.69) is 20.4 Å². The summed E-state index contributed by atoms with van der Waals surface area (Å²) in [4.78, 5) is 15.8. The van der Waals surface area contributed by atoms with Gasteiger partial charge in [-0.05, 0) is 31.0 Å². The number of hydrogen-bond donors (Lipinski definition) is 2. The Hall–Kier alpha value is -2.11. The summed E-state index contributed by atoms with van der Waals surface area (Å²) in [5.74, 6) is -0.135. The summed E-state index contributed by atoms with van der Waals surface area (Å²) in [5.41, 5.74) is 1.53. The lowest BCUT2D eigenvalue weighted by Gasteiger charge is -2.14. The summed E-state index contributed by atoms with van der Waals surface area (Å²) in [7, 11) is 1.37. The summed E-state index contributed by atoms with van der Waals surface area (Å²) in [6.45, 7) is 7.05. The van der Waals surface area contributed by atoms with Gasteiger partial charge in [0.1, 0.15) is 5.82 Å². The summed E-state index contributed by atoms with van der Waals surface area (Å²) in [5, 5.41) is 6.20. The lowest BCUT2D eigenvalue weighted by molar-refractivity contribution is -0.144. The molecule has 122 valence electrons. The van der Waals surface area contributed by atoms with Gasteiger partial charge < -0.3 is 15.4 Å². The minimum atomic E-state index is -0.266. The lowest BCUT2D eigenvalue weighted by atomic mass is 10.1. The molecule has 22 heavy (non-hydrogen) atoms. The summed E-state index contributed by atoms with van der Waals surface area (Å²) in [6.07, 6.45) is 0. The number of rotatable bonds is 6. The number of carbonyl (C=O) groups excluding carboxylic acids is 1. The fraction of sp³-hybridized carbons (Fsp3) is 0.500. The normalized spacial score (nSPS) is 12.7. The Morgan fingerprint density at radius 3 is 2.73 bits per heavy atom. The molecule has 1 aromatic carbocycles. The molecule has 0 saturated carbocycles. The first-order valence-corrected chi connectivity index (χ1v) is 7.33. The summed E-state index contributed by atoms with van der Waals surface area (Å²) < 4.78 is 17.9. The number of benzene rings is 1. The highest BCUT2D eigenvalue weighted by molar-refractivity contribution is 5.80. The molecule has 5 nitrogen and oxygen atoms in total. The maximum atomic E-state index is 13.2. The molecule has 6 heteroatoms. The van der Waals surface area contributed by atoms with Crippen molar-refractivity contribution in [3.8, 4) is 0 Å². The molecule has 0 aliphatic rings. The van der Waals surface area contributed by atoms with Crippen LogP contribution in [-0.2, 0) is 16.1 Å². The minimum absolute atomic E-state index is 0.218. The van der Waals surface area contributed by atoms with Crippen molar-refractivity contribution in [2.24, 2.45) is 10.9 Å². The topological polar surface area (TPSA) is 62.7 Å². The Morgan fingerprint density at radius 2 is 2.14 bits per heavy atom. The van der Waals surface area contributed by atoms with Crippen molar-refractivity contribution < 1.29 is 13.9 Å². The molecule has 1 unspecified atom stereocenters. The van der Waals surface area contributed by atoms with Crippen LogP contribution in [0.5, 0.6) is 0 Å². The van der Waals surface area contributed by atoms with Crippen molar-refractivity contribution >= 4 is 11.9 Å². The van der Waals surface area contributed by atoms with Gasteiger partial charge in [-0.3, -0.25) is 4.79 Å². The predicted octanol–water partition coefficient (Wildman–Crippen LogP) is 2.00. The van der Waals surface area contributed by atoms with E-state index in [1.54, 1.807) is 26.0 Å². The van der Waals surface area contributed by atoms with Gasteiger partial charge in [-0.2, -0.15) is 0 Å². The van der Waals surface area contributed by atoms with Crippen LogP contribution in [-0.4, -0.2) is 32.1 Å². The van der Waals surface area contributed by atoms with Crippen LogP contribution < -0.4 is 10.6 Å². The van der Waals surface area contributed by atoms with Crippen LogP contribution in [0.2, 0.25) is 0 Å². The minimum Gasteiger partial charge on any atom is -0.469 e. The Balaban J connectivity index is 2.65. The average Bonchev–Trinajstić information content (AvgIpc) is 2.52. The van der Waals surface area contributed by atoms with Crippen LogP contribution >= 0.6 is 0 Å². The quantitative estimate of drug-likeness (QED) is 0.479. The monoisotopic (exact) mass is 309 g/mol. The molecular formula is C16H24FN3O2. The van der Waals surface area contributed by atoms with Crippen LogP contribution in [0.1, 0.15) is 25.0 Å². The van der Waals surface area contributed by atoms with Crippen LogP contribution in [0.3, 0.4) is 0 Å². The van der Waals surface area contributed by atoms with E-state index in [0.717, 1.165) is 5.56 Å². The van der Waals surface area contributed by atoms with E-state index in [4.69, 9.17) is 0 Å². The van der Waals surface area contributed by atoms with Crippen molar-refractivity contribution in [1.29, 1.82) is 0 Å². The Bertz CT molecular complexity index is 532. The zero-order chi connectivity index (χ0) is 16.5. The molecule has 1 aromatic rings. The van der Waals surface area contributed by atoms with E-state index >= 15 is 0 Å². The van der Waals surface area contributed by atoms with Crippen molar-refractivity contribution in [3.63, 3.8) is 0 Å². The van der Waals surface area contributed by atoms with Gasteiger partial charge in [-0.1, -0.05) is 19.1 Å². The molecule has 0 saturated heterocycles. The van der Waals surface area contributed by atoms with Gasteiger partial charge in [0.2, 0.25) is 0 Å². The molecule has 0 spiro atoms. The summed E-state index contributed by atoms with van der Waals surface area (Å²) >= 11 is 0. The molecule has 0 aliphatic carbocycles. The molecule has 0 radical (unpaired) electrons. The highest BCUT2D eigenvalue weighted by Gasteiger charge is 2.13. The number of hydrogen-bond acceptors (Lipinski definition) is 3. The van der Waals surface area contributed by atoms with E-state index in [1.807, 2.05) is 6.92 Å². The number of ether oxygens (including phenoxy) is 1. The Kier molecular flexibility index (Phi) is 7.36. The highest BCUT2D eigenvalue weighted by atomic mass is 19.1. The van der Waals surface area contributed by atoms with Crippen LogP contribution in [0.4, 0.5) is 4.39 Å². The highest BCUT2D eigenvalue weighted by Crippen LogP contribution is 2.10. The van der Waals surface area contributed by atoms with Gasteiger partial charge in [0.05, 0.1) is 19.6 Å². The fourth-order valence-electron chi connectivity index (χ4n) is 1.85. The van der Waals surface area contributed by atoms with Crippen LogP contribution in [0, 0.1) is 18.7 Å². The van der Waals surface area contributed by atoms with Crippen molar-refractivity contribution in [2.75, 3.05) is 20.2 Å². The molecule has 1 atom stereocenters. The molecule has 0 heterocycles. The lowest BCUT2D eigenvalue weighted by Crippen LogP contribution is -2.40. The first-order valence-electron chi connectivity index (χ1n) is 7.33. The van der Waals surface area contributed by atoms with E-state index in [-0.39, 0.29) is 17.7 Å². The van der Waals surface area contributed by atoms with Gasteiger partial charge in [-0.25, -0.2) is 9.38 Å². The Morgan fingerprint density at radius 1 is 1.41 bits per heavy atom. The Labute approximate surface area is 131 Å². The van der Waals surface area contributed by atoms with Gasteiger partial charge in [0.25, 0.3) is 0 Å². The van der Waals surface area contributed by atoms with Gasteiger partial charge >= 0.3 is 5.97 Å². The molecule has 0 amide bonds. The second kappa shape index (κ2) is 9.02. The number of esters is 1. The molecule has 2 N–H and O–H groups in total. The standard InChI is InChI=1S/C16H24FN3O2/c1-5-18-16(19-9-12(3)15(21)22-4)20-10-13-6-7-14(17)11(2)8-13/h6-8,12H,5,9-10H2,1-4H3,(H2,18,19,20). The zero-order valence-electron chi connectivity index (χ0n) is 13.6. The van der Waals surface area contributed by atoms with Gasteiger partial charge in [0.15, 0.2) is 5.96 Å². The van der Waals surface area contributed by atoms with Gasteiger partial charge in [0, 0.05) is 13.1 Å². The van der Waals surface area contributed by atoms with E-state index in [1.165, 1.54) is 13.2 Å². The van der Waals surface area contributed by atoms with Crippen LogP contribution in [0.25, 0.3) is 0 Å². The fourth-order valence-corrected chi connectivity index (χ4v) is 1.85. The smallest absolute Gasteiger partial charge is 0.310 e. The maximum absolute atomic E-state index is 13.2. The third kappa shape index (κ3) is 5.71. The first-order chi connectivity index (χ1) is 10.5. The number of nitrogens with zero attached hydrogens (tertiary/aromatic N) is 1. The van der Waals surface area contributed by atoms with Crippen LogP contribution in [0.15, 0.2) is 23.2 Å². The number of guanidine groups is 1. The van der Waals surface area contributed by atoms with E-state index < -0.39 is 0 Å². The van der Waals surface area contributed by atoms with Crippen molar-refractivity contribution in [3.05, 3.63) is 35.1 Å². The van der Waals surface area contributed by atoms with E-state index in [0.29, 0.717) is 31.2 Å². The number of methoxy groups -OCH3 is 1. The number of nitrogens with one attached hydrogen (secondary N) is 2. The molecule has 0 bridgehead atoms. The second-order valence-corrected chi connectivity index (χ2v) is 5.08. The number of halogens is 1. The zero-order valence-corrected chi connectivity index (χ0v) is 13.6. The van der Waals surface area contributed by atoms with E-state index in [9.17, 15) is 9.18 Å². The average molecular weight is 309 g/mol. The molecule has 0 fully saturated rings. The third-order valence-corrected chi connectivity index (χ3v) is 3.17. The molecular weight excluding hydrogens is 285 g/mol. The third-order valence-electron chi connectivity index (χ3n) is 3.17. The molecule has 1 rings (SSSR count). The maximum Gasteiger partial charge on any atom is 0.310 e.